The molecule has 0 fully saturated rings. The number of nitrogen functional groups attached to an aromatic ring is 1. The van der Waals surface area contributed by atoms with Gasteiger partial charge in [-0.3, -0.25) is 5.41 Å². The number of rotatable bonds is 2. The second kappa shape index (κ2) is 3.96. The summed E-state index contributed by atoms with van der Waals surface area (Å²) in [5, 5.41) is 7.50. The first-order valence-electron chi connectivity index (χ1n) is 4.78. The van der Waals surface area contributed by atoms with Crippen LogP contribution in [0.15, 0.2) is 54.6 Å². The van der Waals surface area contributed by atoms with Crippen molar-refractivity contribution in [3.63, 3.8) is 0 Å². The Kier molecular flexibility index (Phi) is 2.50. The van der Waals surface area contributed by atoms with Crippen molar-refractivity contribution < 1.29 is 0 Å². The molecule has 0 aliphatic carbocycles. The lowest BCUT2D eigenvalue weighted by Gasteiger charge is -2.07. The van der Waals surface area contributed by atoms with Gasteiger partial charge in [0, 0.05) is 5.56 Å². The molecule has 2 aromatic rings. The Hall–Kier alpha value is -2.09. The number of benzene rings is 2. The Morgan fingerprint density at radius 2 is 1.47 bits per heavy atom. The minimum atomic E-state index is 0.106. The Balaban J connectivity index is 2.58. The van der Waals surface area contributed by atoms with Crippen LogP contribution >= 0.6 is 0 Å². The zero-order valence-corrected chi connectivity index (χ0v) is 8.27. The number of amidine groups is 1. The van der Waals surface area contributed by atoms with Crippen molar-refractivity contribution in [3.8, 4) is 11.1 Å². The van der Waals surface area contributed by atoms with E-state index in [0.717, 1.165) is 16.7 Å². The summed E-state index contributed by atoms with van der Waals surface area (Å²) in [4.78, 5) is 0. The maximum absolute atomic E-state index is 7.50. The van der Waals surface area contributed by atoms with Crippen LogP contribution in [0.1, 0.15) is 5.56 Å². The van der Waals surface area contributed by atoms with Gasteiger partial charge in [0.25, 0.3) is 0 Å². The van der Waals surface area contributed by atoms with Crippen molar-refractivity contribution in [1.29, 1.82) is 5.41 Å². The van der Waals surface area contributed by atoms with Crippen molar-refractivity contribution in [1.82, 2.24) is 0 Å². The van der Waals surface area contributed by atoms with E-state index in [1.165, 1.54) is 0 Å². The fourth-order valence-electron chi connectivity index (χ4n) is 1.59. The standard InChI is InChI=1S/C13H12N2/c14-13(15)12-9-5-4-8-11(12)10-6-2-1-3-7-10/h1-9H,(H3,14,15). The molecule has 3 N–H and O–H groups in total. The summed E-state index contributed by atoms with van der Waals surface area (Å²) in [6, 6.07) is 17.6. The van der Waals surface area contributed by atoms with Gasteiger partial charge in [0.2, 0.25) is 0 Å². The van der Waals surface area contributed by atoms with E-state index in [-0.39, 0.29) is 5.84 Å². The molecule has 0 heterocycles. The molecule has 15 heavy (non-hydrogen) atoms. The van der Waals surface area contributed by atoms with Gasteiger partial charge in [0.1, 0.15) is 5.84 Å². The lowest BCUT2D eigenvalue weighted by atomic mass is 9.99. The van der Waals surface area contributed by atoms with E-state index in [1.54, 1.807) is 0 Å². The quantitative estimate of drug-likeness (QED) is 0.563. The molecule has 2 aromatic carbocycles. The summed E-state index contributed by atoms with van der Waals surface area (Å²) < 4.78 is 0. The molecule has 0 aromatic heterocycles. The first-order valence-corrected chi connectivity index (χ1v) is 4.78. The summed E-state index contributed by atoms with van der Waals surface area (Å²) in [5.74, 6) is 0.106. The van der Waals surface area contributed by atoms with Crippen LogP contribution in [0, 0.1) is 5.41 Å². The molecule has 0 aliphatic heterocycles. The molecule has 0 unspecified atom stereocenters. The topological polar surface area (TPSA) is 49.9 Å². The molecular formula is C13H12N2. The predicted molar refractivity (Wildman–Crippen MR) is 62.9 cm³/mol. The molecule has 0 saturated heterocycles. The van der Waals surface area contributed by atoms with E-state index >= 15 is 0 Å². The van der Waals surface area contributed by atoms with Crippen molar-refractivity contribution in [2.45, 2.75) is 0 Å². The van der Waals surface area contributed by atoms with Crippen LogP contribution < -0.4 is 5.73 Å². The number of hydrogen-bond donors (Lipinski definition) is 2. The largest absolute Gasteiger partial charge is 0.384 e. The van der Waals surface area contributed by atoms with Gasteiger partial charge in [-0.15, -0.1) is 0 Å². The van der Waals surface area contributed by atoms with Gasteiger partial charge in [-0.1, -0.05) is 54.6 Å². The number of nitrogens with one attached hydrogen (secondary N) is 1. The Bertz CT molecular complexity index is 475. The highest BCUT2D eigenvalue weighted by Crippen LogP contribution is 2.22. The average Bonchev–Trinajstić information content (AvgIpc) is 2.30. The SMILES string of the molecule is N=C(N)c1ccccc1-c1ccccc1. The Morgan fingerprint density at radius 3 is 2.13 bits per heavy atom. The normalized spacial score (nSPS) is 9.87. The van der Waals surface area contributed by atoms with Gasteiger partial charge in [-0.05, 0) is 11.1 Å². The second-order valence-electron chi connectivity index (χ2n) is 3.33. The molecule has 2 rings (SSSR count). The second-order valence-corrected chi connectivity index (χ2v) is 3.33. The third kappa shape index (κ3) is 1.89. The van der Waals surface area contributed by atoms with E-state index < -0.39 is 0 Å². The summed E-state index contributed by atoms with van der Waals surface area (Å²) >= 11 is 0. The molecule has 0 saturated carbocycles. The lowest BCUT2D eigenvalue weighted by Crippen LogP contribution is -2.12. The molecule has 0 spiro atoms. The summed E-state index contributed by atoms with van der Waals surface area (Å²) in [7, 11) is 0. The monoisotopic (exact) mass is 196 g/mol. The fourth-order valence-corrected chi connectivity index (χ4v) is 1.59. The number of nitrogens with two attached hydrogens (primary N) is 1. The van der Waals surface area contributed by atoms with Gasteiger partial charge in [-0.2, -0.15) is 0 Å². The van der Waals surface area contributed by atoms with Crippen LogP contribution in [0.5, 0.6) is 0 Å². The Morgan fingerprint density at radius 1 is 0.867 bits per heavy atom. The van der Waals surface area contributed by atoms with Gasteiger partial charge in [0.05, 0.1) is 0 Å². The maximum atomic E-state index is 7.50. The molecule has 0 bridgehead atoms. The minimum absolute atomic E-state index is 0.106. The third-order valence-corrected chi connectivity index (χ3v) is 2.30. The summed E-state index contributed by atoms with van der Waals surface area (Å²) in [6.07, 6.45) is 0. The van der Waals surface area contributed by atoms with Crippen LogP contribution in [-0.2, 0) is 0 Å². The van der Waals surface area contributed by atoms with E-state index in [4.69, 9.17) is 11.1 Å². The molecular weight excluding hydrogens is 184 g/mol. The van der Waals surface area contributed by atoms with E-state index in [2.05, 4.69) is 0 Å². The van der Waals surface area contributed by atoms with Crippen LogP contribution in [0.2, 0.25) is 0 Å². The van der Waals surface area contributed by atoms with Crippen LogP contribution in [0.3, 0.4) is 0 Å². The smallest absolute Gasteiger partial charge is 0.123 e. The van der Waals surface area contributed by atoms with Gasteiger partial charge in [0.15, 0.2) is 0 Å². The molecule has 0 aliphatic rings. The highest BCUT2D eigenvalue weighted by atomic mass is 14.7. The molecule has 0 amide bonds. The van der Waals surface area contributed by atoms with Crippen molar-refractivity contribution >= 4 is 5.84 Å². The maximum Gasteiger partial charge on any atom is 0.123 e. The first-order chi connectivity index (χ1) is 7.29. The minimum Gasteiger partial charge on any atom is -0.384 e. The van der Waals surface area contributed by atoms with Gasteiger partial charge < -0.3 is 5.73 Å². The zero-order chi connectivity index (χ0) is 10.7. The molecule has 2 nitrogen and oxygen atoms in total. The highest BCUT2D eigenvalue weighted by Gasteiger charge is 2.05. The fraction of sp³-hybridized carbons (Fsp3) is 0. The zero-order valence-electron chi connectivity index (χ0n) is 8.27. The average molecular weight is 196 g/mol. The lowest BCUT2D eigenvalue weighted by molar-refractivity contribution is 1.42. The van der Waals surface area contributed by atoms with Crippen LogP contribution in [0.25, 0.3) is 11.1 Å². The van der Waals surface area contributed by atoms with Crippen molar-refractivity contribution in [3.05, 3.63) is 60.2 Å². The highest BCUT2D eigenvalue weighted by molar-refractivity contribution is 6.01. The van der Waals surface area contributed by atoms with Crippen LogP contribution in [0.4, 0.5) is 0 Å². The van der Waals surface area contributed by atoms with Gasteiger partial charge >= 0.3 is 0 Å². The van der Waals surface area contributed by atoms with E-state index in [1.807, 2.05) is 54.6 Å². The molecule has 0 atom stereocenters. The molecule has 74 valence electrons. The van der Waals surface area contributed by atoms with Crippen molar-refractivity contribution in [2.75, 3.05) is 0 Å². The predicted octanol–water partition coefficient (Wildman–Crippen LogP) is 2.64. The van der Waals surface area contributed by atoms with Crippen LogP contribution in [-0.4, -0.2) is 5.84 Å². The van der Waals surface area contributed by atoms with E-state index in [0.29, 0.717) is 0 Å². The summed E-state index contributed by atoms with van der Waals surface area (Å²) in [6.45, 7) is 0. The van der Waals surface area contributed by atoms with E-state index in [9.17, 15) is 0 Å². The Labute approximate surface area is 88.9 Å². The summed E-state index contributed by atoms with van der Waals surface area (Å²) in [5.41, 5.74) is 8.41. The third-order valence-electron chi connectivity index (χ3n) is 2.30. The first kappa shape index (κ1) is 9.46. The molecule has 0 radical (unpaired) electrons. The number of hydrogen-bond acceptors (Lipinski definition) is 1. The van der Waals surface area contributed by atoms with Gasteiger partial charge in [-0.25, -0.2) is 0 Å². The molecule has 2 heteroatoms. The van der Waals surface area contributed by atoms with Crippen molar-refractivity contribution in [2.24, 2.45) is 5.73 Å².